The number of carbonyl (C=O) groups is 1. The SMILES string of the molecule is CC(C)(CCNCc1ccc(C#N)cc1F)C(=O)O. The quantitative estimate of drug-likeness (QED) is 0.773. The van der Waals surface area contributed by atoms with Gasteiger partial charge in [0.2, 0.25) is 0 Å². The van der Waals surface area contributed by atoms with Gasteiger partial charge in [-0.2, -0.15) is 5.26 Å². The molecule has 0 bridgehead atoms. The van der Waals surface area contributed by atoms with Crippen molar-refractivity contribution in [2.75, 3.05) is 6.54 Å². The van der Waals surface area contributed by atoms with Gasteiger partial charge >= 0.3 is 5.97 Å². The van der Waals surface area contributed by atoms with E-state index in [1.54, 1.807) is 26.0 Å². The molecule has 0 amide bonds. The molecule has 1 aromatic carbocycles. The lowest BCUT2D eigenvalue weighted by Crippen LogP contribution is -2.29. The molecule has 0 aliphatic heterocycles. The maximum atomic E-state index is 13.5. The van der Waals surface area contributed by atoms with E-state index in [-0.39, 0.29) is 5.56 Å². The Bertz CT molecular complexity index is 507. The van der Waals surface area contributed by atoms with Gasteiger partial charge in [-0.25, -0.2) is 4.39 Å². The fourth-order valence-electron chi connectivity index (χ4n) is 1.49. The minimum absolute atomic E-state index is 0.285. The zero-order chi connectivity index (χ0) is 14.5. The summed E-state index contributed by atoms with van der Waals surface area (Å²) in [5.41, 5.74) is -0.0451. The van der Waals surface area contributed by atoms with Gasteiger partial charge in [0.15, 0.2) is 0 Å². The molecule has 1 aromatic rings. The smallest absolute Gasteiger partial charge is 0.309 e. The summed E-state index contributed by atoms with van der Waals surface area (Å²) in [5, 5.41) is 20.6. The highest BCUT2D eigenvalue weighted by molar-refractivity contribution is 5.73. The Morgan fingerprint density at radius 2 is 2.21 bits per heavy atom. The van der Waals surface area contributed by atoms with Gasteiger partial charge in [-0.1, -0.05) is 6.07 Å². The fourth-order valence-corrected chi connectivity index (χ4v) is 1.49. The van der Waals surface area contributed by atoms with E-state index in [4.69, 9.17) is 10.4 Å². The lowest BCUT2D eigenvalue weighted by Gasteiger charge is -2.19. The van der Waals surface area contributed by atoms with Crippen molar-refractivity contribution in [2.24, 2.45) is 5.41 Å². The second-order valence-electron chi connectivity index (χ2n) is 5.03. The number of aliphatic carboxylic acids is 1. The molecule has 5 heteroatoms. The van der Waals surface area contributed by atoms with Gasteiger partial charge in [0, 0.05) is 12.1 Å². The molecular weight excluding hydrogens is 247 g/mol. The standard InChI is InChI=1S/C14H17FN2O2/c1-14(2,13(18)19)5-6-17-9-11-4-3-10(8-16)7-12(11)15/h3-4,7,17H,5-6,9H2,1-2H3,(H,18,19). The molecule has 0 aromatic heterocycles. The molecular formula is C14H17FN2O2. The highest BCUT2D eigenvalue weighted by atomic mass is 19.1. The Kier molecular flexibility index (Phi) is 5.02. The second-order valence-corrected chi connectivity index (χ2v) is 5.03. The lowest BCUT2D eigenvalue weighted by molar-refractivity contribution is -0.147. The summed E-state index contributed by atoms with van der Waals surface area (Å²) in [6.07, 6.45) is 0.459. The van der Waals surface area contributed by atoms with Crippen LogP contribution < -0.4 is 5.32 Å². The second kappa shape index (κ2) is 6.30. The first-order valence-electron chi connectivity index (χ1n) is 5.99. The molecule has 0 atom stereocenters. The Labute approximate surface area is 111 Å². The molecule has 0 heterocycles. The first-order valence-corrected chi connectivity index (χ1v) is 5.99. The third-order valence-corrected chi connectivity index (χ3v) is 3.00. The number of rotatable bonds is 6. The van der Waals surface area contributed by atoms with Crippen LogP contribution in [0.3, 0.4) is 0 Å². The van der Waals surface area contributed by atoms with Crippen LogP contribution in [0.1, 0.15) is 31.4 Å². The van der Waals surface area contributed by atoms with Gasteiger partial charge < -0.3 is 10.4 Å². The van der Waals surface area contributed by atoms with Gasteiger partial charge in [0.05, 0.1) is 17.0 Å². The van der Waals surface area contributed by atoms with Crippen molar-refractivity contribution in [3.63, 3.8) is 0 Å². The van der Waals surface area contributed by atoms with Crippen LogP contribution >= 0.6 is 0 Å². The average Bonchev–Trinajstić information content (AvgIpc) is 2.35. The van der Waals surface area contributed by atoms with Gasteiger partial charge in [0.25, 0.3) is 0 Å². The first-order chi connectivity index (χ1) is 8.86. The van der Waals surface area contributed by atoms with Crippen LogP contribution in [0, 0.1) is 22.6 Å². The Morgan fingerprint density at radius 3 is 2.74 bits per heavy atom. The van der Waals surface area contributed by atoms with Crippen molar-refractivity contribution in [3.05, 3.63) is 35.1 Å². The minimum Gasteiger partial charge on any atom is -0.481 e. The van der Waals surface area contributed by atoms with Crippen molar-refractivity contribution < 1.29 is 14.3 Å². The van der Waals surface area contributed by atoms with E-state index in [1.165, 1.54) is 6.07 Å². The van der Waals surface area contributed by atoms with Crippen molar-refractivity contribution in [2.45, 2.75) is 26.8 Å². The van der Waals surface area contributed by atoms with Crippen molar-refractivity contribution in [1.29, 1.82) is 5.26 Å². The van der Waals surface area contributed by atoms with Crippen LogP contribution in [-0.4, -0.2) is 17.6 Å². The van der Waals surface area contributed by atoms with E-state index in [9.17, 15) is 9.18 Å². The predicted molar refractivity (Wildman–Crippen MR) is 68.9 cm³/mol. The number of benzene rings is 1. The lowest BCUT2D eigenvalue weighted by atomic mass is 9.90. The van der Waals surface area contributed by atoms with E-state index in [1.807, 2.05) is 6.07 Å². The van der Waals surface area contributed by atoms with E-state index >= 15 is 0 Å². The molecule has 0 fully saturated rings. The summed E-state index contributed by atoms with van der Waals surface area (Å²) in [6.45, 7) is 4.10. The van der Waals surface area contributed by atoms with Gasteiger partial charge in [0.1, 0.15) is 5.82 Å². The van der Waals surface area contributed by atoms with E-state index in [0.29, 0.717) is 25.1 Å². The zero-order valence-corrected chi connectivity index (χ0v) is 11.0. The van der Waals surface area contributed by atoms with Crippen molar-refractivity contribution in [3.8, 4) is 6.07 Å². The van der Waals surface area contributed by atoms with Gasteiger partial charge in [-0.05, 0) is 38.9 Å². The summed E-state index contributed by atoms with van der Waals surface area (Å²) >= 11 is 0. The van der Waals surface area contributed by atoms with Crippen LogP contribution in [0.4, 0.5) is 4.39 Å². The Hall–Kier alpha value is -1.93. The highest BCUT2D eigenvalue weighted by Gasteiger charge is 2.26. The molecule has 4 nitrogen and oxygen atoms in total. The molecule has 0 saturated carbocycles. The Balaban J connectivity index is 2.47. The van der Waals surface area contributed by atoms with Crippen LogP contribution in [-0.2, 0) is 11.3 Å². The number of hydrogen-bond acceptors (Lipinski definition) is 3. The number of halogens is 1. The van der Waals surface area contributed by atoms with Crippen LogP contribution in [0.2, 0.25) is 0 Å². The summed E-state index contributed by atoms with van der Waals surface area (Å²) in [5.74, 6) is -1.28. The molecule has 102 valence electrons. The summed E-state index contributed by atoms with van der Waals surface area (Å²) < 4.78 is 13.5. The molecule has 0 aliphatic rings. The van der Waals surface area contributed by atoms with Gasteiger partial charge in [-0.3, -0.25) is 4.79 Å². The maximum Gasteiger partial charge on any atom is 0.309 e. The minimum atomic E-state index is -0.848. The van der Waals surface area contributed by atoms with Crippen molar-refractivity contribution in [1.82, 2.24) is 5.32 Å². The molecule has 2 N–H and O–H groups in total. The normalized spacial score (nSPS) is 11.1. The number of nitrogens with zero attached hydrogens (tertiary/aromatic N) is 1. The topological polar surface area (TPSA) is 73.1 Å². The average molecular weight is 264 g/mol. The van der Waals surface area contributed by atoms with Crippen LogP contribution in [0.5, 0.6) is 0 Å². The van der Waals surface area contributed by atoms with Crippen LogP contribution in [0.25, 0.3) is 0 Å². The molecule has 0 saturated heterocycles. The van der Waals surface area contributed by atoms with Gasteiger partial charge in [-0.15, -0.1) is 0 Å². The summed E-state index contributed by atoms with van der Waals surface area (Å²) in [4.78, 5) is 10.9. The van der Waals surface area contributed by atoms with Crippen molar-refractivity contribution >= 4 is 5.97 Å². The highest BCUT2D eigenvalue weighted by Crippen LogP contribution is 2.19. The number of carboxylic acids is 1. The number of nitriles is 1. The number of carboxylic acid groups (broad SMARTS) is 1. The summed E-state index contributed by atoms with van der Waals surface area (Å²) in [6, 6.07) is 6.18. The van der Waals surface area contributed by atoms with E-state index in [2.05, 4.69) is 5.32 Å². The zero-order valence-electron chi connectivity index (χ0n) is 11.0. The number of hydrogen-bond donors (Lipinski definition) is 2. The predicted octanol–water partition coefficient (Wildman–Crippen LogP) is 2.29. The summed E-state index contributed by atoms with van der Waals surface area (Å²) in [7, 11) is 0. The fraction of sp³-hybridized carbons (Fsp3) is 0.429. The molecule has 0 aliphatic carbocycles. The van der Waals surface area contributed by atoms with E-state index < -0.39 is 17.2 Å². The van der Waals surface area contributed by atoms with Crippen LogP contribution in [0.15, 0.2) is 18.2 Å². The first kappa shape index (κ1) is 15.1. The number of nitrogens with one attached hydrogen (secondary N) is 1. The molecule has 1 rings (SSSR count). The maximum absolute atomic E-state index is 13.5. The molecule has 0 unspecified atom stereocenters. The molecule has 0 spiro atoms. The Morgan fingerprint density at radius 1 is 1.53 bits per heavy atom. The third kappa shape index (κ3) is 4.34. The monoisotopic (exact) mass is 264 g/mol. The molecule has 19 heavy (non-hydrogen) atoms. The largest absolute Gasteiger partial charge is 0.481 e. The third-order valence-electron chi connectivity index (χ3n) is 3.00. The molecule has 0 radical (unpaired) electrons. The van der Waals surface area contributed by atoms with E-state index in [0.717, 1.165) is 0 Å².